The molecular weight excluding hydrogens is 408 g/mol. The summed E-state index contributed by atoms with van der Waals surface area (Å²) < 4.78 is 6.73. The molecule has 9 nitrogen and oxygen atoms in total. The molecule has 0 radical (unpaired) electrons. The number of nitrogens with two attached hydrogens (primary N) is 1. The molecule has 0 bridgehead atoms. The zero-order valence-corrected chi connectivity index (χ0v) is 17.7. The molecule has 3 aromatic rings. The maximum absolute atomic E-state index is 11.8. The molecule has 164 valence electrons. The molecular formula is C23H24N6O3. The fourth-order valence-electron chi connectivity index (χ4n) is 4.39. The molecule has 0 aliphatic carbocycles. The minimum atomic E-state index is -0.515. The van der Waals surface area contributed by atoms with Gasteiger partial charge in [0.05, 0.1) is 17.3 Å². The number of ether oxygens (including phenoxy) is 1. The summed E-state index contributed by atoms with van der Waals surface area (Å²) in [5.41, 5.74) is 10.8. The van der Waals surface area contributed by atoms with Crippen molar-refractivity contribution < 1.29 is 14.3 Å². The summed E-state index contributed by atoms with van der Waals surface area (Å²) >= 11 is 0. The first kappa shape index (κ1) is 20.3. The van der Waals surface area contributed by atoms with E-state index in [1.54, 1.807) is 6.20 Å². The van der Waals surface area contributed by atoms with E-state index in [-0.39, 0.29) is 12.0 Å². The summed E-state index contributed by atoms with van der Waals surface area (Å²) in [6, 6.07) is 8.02. The smallest absolute Gasteiger partial charge is 0.338 e. The van der Waals surface area contributed by atoms with Crippen molar-refractivity contribution in [2.45, 2.75) is 26.1 Å². The van der Waals surface area contributed by atoms with Gasteiger partial charge in [0.2, 0.25) is 0 Å². The van der Waals surface area contributed by atoms with Gasteiger partial charge >= 0.3 is 5.97 Å². The number of amides is 1. The van der Waals surface area contributed by atoms with Crippen molar-refractivity contribution in [3.8, 4) is 5.82 Å². The number of rotatable bonds is 5. The quantitative estimate of drug-likeness (QED) is 0.587. The van der Waals surface area contributed by atoms with Crippen molar-refractivity contribution >= 4 is 11.9 Å². The van der Waals surface area contributed by atoms with Crippen LogP contribution in [0.15, 0.2) is 42.9 Å². The van der Waals surface area contributed by atoms with E-state index in [1.165, 1.54) is 16.4 Å². The summed E-state index contributed by atoms with van der Waals surface area (Å²) in [5, 5.41) is 7.74. The summed E-state index contributed by atoms with van der Waals surface area (Å²) in [5.74, 6) is -0.117. The Bertz CT molecular complexity index is 1190. The molecule has 2 aliphatic heterocycles. The van der Waals surface area contributed by atoms with E-state index in [0.717, 1.165) is 42.9 Å². The second-order valence-electron chi connectivity index (χ2n) is 8.19. The van der Waals surface area contributed by atoms with Gasteiger partial charge in [-0.1, -0.05) is 12.1 Å². The van der Waals surface area contributed by atoms with Crippen LogP contribution in [0.5, 0.6) is 0 Å². The average molecular weight is 432 g/mol. The number of piperazine rings is 1. The van der Waals surface area contributed by atoms with Gasteiger partial charge in [-0.15, -0.1) is 0 Å². The summed E-state index contributed by atoms with van der Waals surface area (Å²) in [7, 11) is 0. The number of benzene rings is 1. The number of primary amides is 1. The van der Waals surface area contributed by atoms with Crippen LogP contribution in [-0.4, -0.2) is 51.2 Å². The molecule has 32 heavy (non-hydrogen) atoms. The number of fused-ring (bicyclic) bond motifs is 1. The van der Waals surface area contributed by atoms with Crippen LogP contribution in [0.3, 0.4) is 0 Å². The van der Waals surface area contributed by atoms with Gasteiger partial charge < -0.3 is 15.8 Å². The van der Waals surface area contributed by atoms with Crippen LogP contribution in [0.2, 0.25) is 0 Å². The molecule has 1 aromatic carbocycles. The summed E-state index contributed by atoms with van der Waals surface area (Å²) in [4.78, 5) is 30.0. The van der Waals surface area contributed by atoms with E-state index in [0.29, 0.717) is 23.6 Å². The standard InChI is InChI=1S/C23H24N6O3/c1-14-17(3-4-18-19(14)13-32-23(18)31)20-12-28(7-6-25-20)10-15-2-5-21(26-8-15)29-11-16(9-27-29)22(24)30/h2-5,8-9,11,20,25H,6-7,10,12-13H2,1H3,(H2,24,30). The summed E-state index contributed by atoms with van der Waals surface area (Å²) in [6.45, 7) is 5.88. The Labute approximate surface area is 185 Å². The average Bonchev–Trinajstić information content (AvgIpc) is 3.43. The van der Waals surface area contributed by atoms with Crippen LogP contribution in [0.25, 0.3) is 5.82 Å². The van der Waals surface area contributed by atoms with E-state index in [1.807, 2.05) is 30.5 Å². The van der Waals surface area contributed by atoms with Crippen LogP contribution in [0, 0.1) is 6.92 Å². The number of nitrogens with one attached hydrogen (secondary N) is 1. The lowest BCUT2D eigenvalue weighted by atomic mass is 9.93. The van der Waals surface area contributed by atoms with E-state index < -0.39 is 5.91 Å². The van der Waals surface area contributed by atoms with Gasteiger partial charge in [0.1, 0.15) is 6.61 Å². The van der Waals surface area contributed by atoms with E-state index >= 15 is 0 Å². The first-order valence-electron chi connectivity index (χ1n) is 10.5. The molecule has 1 atom stereocenters. The van der Waals surface area contributed by atoms with Gasteiger partial charge in [-0.2, -0.15) is 5.10 Å². The highest BCUT2D eigenvalue weighted by molar-refractivity contribution is 5.94. The van der Waals surface area contributed by atoms with Gasteiger partial charge in [0, 0.05) is 50.2 Å². The lowest BCUT2D eigenvalue weighted by molar-refractivity contribution is 0.0534. The number of esters is 1. The molecule has 5 rings (SSSR count). The summed E-state index contributed by atoms with van der Waals surface area (Å²) in [6.07, 6.45) is 4.84. The van der Waals surface area contributed by atoms with Crippen molar-refractivity contribution in [1.82, 2.24) is 25.0 Å². The maximum Gasteiger partial charge on any atom is 0.338 e. The van der Waals surface area contributed by atoms with Gasteiger partial charge in [0.15, 0.2) is 5.82 Å². The number of cyclic esters (lactones) is 1. The van der Waals surface area contributed by atoms with Crippen LogP contribution in [-0.2, 0) is 17.9 Å². The predicted molar refractivity (Wildman–Crippen MR) is 116 cm³/mol. The Hall–Kier alpha value is -3.56. The molecule has 1 unspecified atom stereocenters. The van der Waals surface area contributed by atoms with Crippen molar-refractivity contribution in [2.24, 2.45) is 5.73 Å². The highest BCUT2D eigenvalue weighted by Gasteiger charge is 2.28. The second-order valence-corrected chi connectivity index (χ2v) is 8.19. The minimum Gasteiger partial charge on any atom is -0.457 e. The van der Waals surface area contributed by atoms with Gasteiger partial charge in [-0.05, 0) is 35.7 Å². The molecule has 0 spiro atoms. The van der Waals surface area contributed by atoms with Crippen molar-refractivity contribution in [3.63, 3.8) is 0 Å². The van der Waals surface area contributed by atoms with Crippen LogP contribution in [0.1, 0.15) is 49.0 Å². The Morgan fingerprint density at radius 2 is 2.16 bits per heavy atom. The minimum absolute atomic E-state index is 0.188. The third-order valence-electron chi connectivity index (χ3n) is 6.16. The first-order chi connectivity index (χ1) is 15.5. The van der Waals surface area contributed by atoms with E-state index in [9.17, 15) is 9.59 Å². The Kier molecular flexibility index (Phi) is 5.20. The lowest BCUT2D eigenvalue weighted by Gasteiger charge is -2.34. The highest BCUT2D eigenvalue weighted by atomic mass is 16.5. The fraction of sp³-hybridized carbons (Fsp3) is 0.304. The fourth-order valence-corrected chi connectivity index (χ4v) is 4.39. The third-order valence-corrected chi connectivity index (χ3v) is 6.16. The largest absolute Gasteiger partial charge is 0.457 e. The molecule has 1 fully saturated rings. The highest BCUT2D eigenvalue weighted by Crippen LogP contribution is 2.30. The topological polar surface area (TPSA) is 115 Å². The van der Waals surface area contributed by atoms with Crippen molar-refractivity contribution in [1.29, 1.82) is 0 Å². The number of carbonyl (C=O) groups excluding carboxylic acids is 2. The molecule has 9 heteroatoms. The molecule has 0 saturated carbocycles. The number of pyridine rings is 1. The lowest BCUT2D eigenvalue weighted by Crippen LogP contribution is -2.45. The number of hydrogen-bond acceptors (Lipinski definition) is 7. The normalized spacial score (nSPS) is 18.4. The number of aromatic nitrogens is 3. The van der Waals surface area contributed by atoms with Crippen LogP contribution >= 0.6 is 0 Å². The Morgan fingerprint density at radius 1 is 1.28 bits per heavy atom. The molecule has 4 heterocycles. The van der Waals surface area contributed by atoms with Crippen molar-refractivity contribution in [2.75, 3.05) is 19.6 Å². The number of carbonyl (C=O) groups is 2. The monoisotopic (exact) mass is 432 g/mol. The van der Waals surface area contributed by atoms with Crippen LogP contribution in [0.4, 0.5) is 0 Å². The molecule has 1 amide bonds. The van der Waals surface area contributed by atoms with Crippen LogP contribution < -0.4 is 11.1 Å². The molecule has 2 aromatic heterocycles. The Balaban J connectivity index is 1.27. The van der Waals surface area contributed by atoms with Gasteiger partial charge in [-0.25, -0.2) is 14.5 Å². The SMILES string of the molecule is Cc1c(C2CN(Cc3ccc(-n4cc(C(N)=O)cn4)nc3)CCN2)ccc2c1COC2=O. The first-order valence-corrected chi connectivity index (χ1v) is 10.5. The molecule has 3 N–H and O–H groups in total. The van der Waals surface area contributed by atoms with Crippen molar-refractivity contribution in [3.05, 3.63) is 76.2 Å². The van der Waals surface area contributed by atoms with E-state index in [4.69, 9.17) is 10.5 Å². The number of nitrogens with zero attached hydrogens (tertiary/aromatic N) is 4. The molecule has 1 saturated heterocycles. The Morgan fingerprint density at radius 3 is 2.91 bits per heavy atom. The van der Waals surface area contributed by atoms with Gasteiger partial charge in [0.25, 0.3) is 5.91 Å². The number of hydrogen-bond donors (Lipinski definition) is 2. The predicted octanol–water partition coefficient (Wildman–Crippen LogP) is 1.49. The molecule has 2 aliphatic rings. The second kappa shape index (κ2) is 8.18. The zero-order chi connectivity index (χ0) is 22.2. The third kappa shape index (κ3) is 3.76. The van der Waals surface area contributed by atoms with E-state index in [2.05, 4.69) is 27.2 Å². The zero-order valence-electron chi connectivity index (χ0n) is 17.7. The van der Waals surface area contributed by atoms with Gasteiger partial charge in [-0.3, -0.25) is 9.69 Å². The maximum atomic E-state index is 11.8.